The summed E-state index contributed by atoms with van der Waals surface area (Å²) < 4.78 is 2.24. The molecule has 1 aromatic rings. The third-order valence-electron chi connectivity index (χ3n) is 3.36. The van der Waals surface area contributed by atoms with E-state index in [1.165, 1.54) is 37.8 Å². The second-order valence-corrected chi connectivity index (χ2v) is 4.42. The summed E-state index contributed by atoms with van der Waals surface area (Å²) in [5.74, 6) is 0. The SMILES string of the molecule is CCc1cc(CN)nn1C1CCCCC1. The third-order valence-corrected chi connectivity index (χ3v) is 3.36. The van der Waals surface area contributed by atoms with Gasteiger partial charge in [-0.2, -0.15) is 5.10 Å². The third kappa shape index (κ3) is 2.23. The van der Waals surface area contributed by atoms with Crippen LogP contribution in [0.25, 0.3) is 0 Å². The van der Waals surface area contributed by atoms with Crippen molar-refractivity contribution in [3.05, 3.63) is 17.5 Å². The normalized spacial score (nSPS) is 18.3. The van der Waals surface area contributed by atoms with Crippen LogP contribution in [0.1, 0.15) is 56.5 Å². The molecule has 1 heterocycles. The molecule has 0 aliphatic heterocycles. The number of hydrogen-bond donors (Lipinski definition) is 1. The maximum Gasteiger partial charge on any atom is 0.0763 e. The Morgan fingerprint density at radius 1 is 1.40 bits per heavy atom. The number of nitrogens with zero attached hydrogens (tertiary/aromatic N) is 2. The molecule has 84 valence electrons. The van der Waals surface area contributed by atoms with Crippen molar-refractivity contribution in [1.82, 2.24) is 9.78 Å². The van der Waals surface area contributed by atoms with Crippen LogP contribution in [0.2, 0.25) is 0 Å². The van der Waals surface area contributed by atoms with E-state index in [2.05, 4.69) is 22.8 Å². The summed E-state index contributed by atoms with van der Waals surface area (Å²) in [6, 6.07) is 2.79. The lowest BCUT2D eigenvalue weighted by molar-refractivity contribution is 0.321. The molecular formula is C12H21N3. The van der Waals surface area contributed by atoms with E-state index in [0.717, 1.165) is 12.1 Å². The molecule has 0 spiro atoms. The van der Waals surface area contributed by atoms with Gasteiger partial charge in [0.25, 0.3) is 0 Å². The van der Waals surface area contributed by atoms with E-state index in [1.807, 2.05) is 0 Å². The number of nitrogens with two attached hydrogens (primary N) is 1. The van der Waals surface area contributed by atoms with Gasteiger partial charge in [0.2, 0.25) is 0 Å². The van der Waals surface area contributed by atoms with Crippen molar-refractivity contribution < 1.29 is 0 Å². The summed E-state index contributed by atoms with van der Waals surface area (Å²) >= 11 is 0. The van der Waals surface area contributed by atoms with Crippen LogP contribution in [0.3, 0.4) is 0 Å². The van der Waals surface area contributed by atoms with E-state index in [1.54, 1.807) is 0 Å². The number of hydrogen-bond acceptors (Lipinski definition) is 2. The number of aromatic nitrogens is 2. The zero-order valence-corrected chi connectivity index (χ0v) is 9.58. The van der Waals surface area contributed by atoms with Crippen molar-refractivity contribution in [3.63, 3.8) is 0 Å². The molecule has 1 aromatic heterocycles. The lowest BCUT2D eigenvalue weighted by atomic mass is 9.95. The van der Waals surface area contributed by atoms with E-state index in [-0.39, 0.29) is 0 Å². The molecule has 0 saturated heterocycles. The van der Waals surface area contributed by atoms with Crippen LogP contribution in [0.5, 0.6) is 0 Å². The summed E-state index contributed by atoms with van der Waals surface area (Å²) in [7, 11) is 0. The van der Waals surface area contributed by atoms with Gasteiger partial charge in [-0.15, -0.1) is 0 Å². The monoisotopic (exact) mass is 207 g/mol. The summed E-state index contributed by atoms with van der Waals surface area (Å²) in [5, 5.41) is 4.61. The lowest BCUT2D eigenvalue weighted by Gasteiger charge is -2.23. The first-order valence-corrected chi connectivity index (χ1v) is 6.12. The molecule has 0 aromatic carbocycles. The molecule has 1 fully saturated rings. The van der Waals surface area contributed by atoms with Crippen molar-refractivity contribution in [2.45, 2.75) is 58.0 Å². The maximum atomic E-state index is 5.64. The fourth-order valence-corrected chi connectivity index (χ4v) is 2.50. The molecule has 0 amide bonds. The summed E-state index contributed by atoms with van der Waals surface area (Å²) in [6.45, 7) is 2.75. The predicted octanol–water partition coefficient (Wildman–Crippen LogP) is 2.41. The van der Waals surface area contributed by atoms with Crippen LogP contribution < -0.4 is 5.73 Å². The minimum Gasteiger partial charge on any atom is -0.325 e. The van der Waals surface area contributed by atoms with Gasteiger partial charge in [0.05, 0.1) is 11.7 Å². The van der Waals surface area contributed by atoms with Crippen LogP contribution in [-0.2, 0) is 13.0 Å². The highest BCUT2D eigenvalue weighted by Gasteiger charge is 2.18. The van der Waals surface area contributed by atoms with Crippen LogP contribution >= 0.6 is 0 Å². The van der Waals surface area contributed by atoms with Crippen LogP contribution in [0, 0.1) is 0 Å². The standard InChI is InChI=1S/C12H21N3/c1-2-11-8-10(9-13)14-15(11)12-6-4-3-5-7-12/h8,12H,2-7,9,13H2,1H3. The molecule has 3 nitrogen and oxygen atoms in total. The quantitative estimate of drug-likeness (QED) is 0.827. The largest absolute Gasteiger partial charge is 0.325 e. The zero-order chi connectivity index (χ0) is 10.7. The average molecular weight is 207 g/mol. The molecule has 1 aliphatic rings. The molecule has 1 aliphatic carbocycles. The van der Waals surface area contributed by atoms with Crippen LogP contribution in [0.15, 0.2) is 6.07 Å². The minimum atomic E-state index is 0.562. The Kier molecular flexibility index (Phi) is 3.41. The van der Waals surface area contributed by atoms with Crippen LogP contribution in [0.4, 0.5) is 0 Å². The molecule has 0 bridgehead atoms. The summed E-state index contributed by atoms with van der Waals surface area (Å²) in [5.41, 5.74) is 8.03. The zero-order valence-electron chi connectivity index (χ0n) is 9.58. The van der Waals surface area contributed by atoms with Crippen molar-refractivity contribution >= 4 is 0 Å². The first kappa shape index (κ1) is 10.7. The topological polar surface area (TPSA) is 43.8 Å². The number of rotatable bonds is 3. The first-order chi connectivity index (χ1) is 7.35. The highest BCUT2D eigenvalue weighted by Crippen LogP contribution is 2.29. The fourth-order valence-electron chi connectivity index (χ4n) is 2.50. The molecule has 0 radical (unpaired) electrons. The Hall–Kier alpha value is -0.830. The van der Waals surface area contributed by atoms with Gasteiger partial charge >= 0.3 is 0 Å². The Morgan fingerprint density at radius 2 is 2.13 bits per heavy atom. The smallest absolute Gasteiger partial charge is 0.0763 e. The predicted molar refractivity (Wildman–Crippen MR) is 61.6 cm³/mol. The Morgan fingerprint density at radius 3 is 2.73 bits per heavy atom. The van der Waals surface area contributed by atoms with Gasteiger partial charge in [0.15, 0.2) is 0 Å². The van der Waals surface area contributed by atoms with Crippen molar-refractivity contribution in [1.29, 1.82) is 0 Å². The molecule has 3 heteroatoms. The van der Waals surface area contributed by atoms with Crippen LogP contribution in [-0.4, -0.2) is 9.78 Å². The van der Waals surface area contributed by atoms with Gasteiger partial charge in [0, 0.05) is 12.2 Å². The van der Waals surface area contributed by atoms with Gasteiger partial charge in [-0.25, -0.2) is 0 Å². The van der Waals surface area contributed by atoms with Gasteiger partial charge in [-0.05, 0) is 25.3 Å². The number of aryl methyl sites for hydroxylation is 1. The van der Waals surface area contributed by atoms with E-state index in [9.17, 15) is 0 Å². The second kappa shape index (κ2) is 4.79. The Bertz CT molecular complexity index is 311. The summed E-state index contributed by atoms with van der Waals surface area (Å²) in [6.07, 6.45) is 7.74. The second-order valence-electron chi connectivity index (χ2n) is 4.42. The first-order valence-electron chi connectivity index (χ1n) is 6.12. The van der Waals surface area contributed by atoms with Gasteiger partial charge in [0.1, 0.15) is 0 Å². The molecule has 2 N–H and O–H groups in total. The lowest BCUT2D eigenvalue weighted by Crippen LogP contribution is -2.16. The van der Waals surface area contributed by atoms with Crippen molar-refractivity contribution in [2.75, 3.05) is 0 Å². The van der Waals surface area contributed by atoms with E-state index in [4.69, 9.17) is 5.73 Å². The molecule has 0 unspecified atom stereocenters. The maximum absolute atomic E-state index is 5.64. The van der Waals surface area contributed by atoms with Gasteiger partial charge in [-0.1, -0.05) is 26.2 Å². The highest BCUT2D eigenvalue weighted by atomic mass is 15.3. The molecule has 0 atom stereocenters. The molecular weight excluding hydrogens is 186 g/mol. The Balaban J connectivity index is 2.20. The van der Waals surface area contributed by atoms with Gasteiger partial charge in [-0.3, -0.25) is 4.68 Å². The highest BCUT2D eigenvalue weighted by molar-refractivity contribution is 5.11. The fraction of sp³-hybridized carbons (Fsp3) is 0.750. The molecule has 2 rings (SSSR count). The summed E-state index contributed by atoms with van der Waals surface area (Å²) in [4.78, 5) is 0. The van der Waals surface area contributed by atoms with Crippen molar-refractivity contribution in [3.8, 4) is 0 Å². The molecule has 15 heavy (non-hydrogen) atoms. The van der Waals surface area contributed by atoms with Gasteiger partial charge < -0.3 is 5.73 Å². The van der Waals surface area contributed by atoms with E-state index < -0.39 is 0 Å². The van der Waals surface area contributed by atoms with Crippen molar-refractivity contribution in [2.24, 2.45) is 5.73 Å². The molecule has 1 saturated carbocycles. The Labute approximate surface area is 91.7 Å². The van der Waals surface area contributed by atoms with E-state index in [0.29, 0.717) is 12.6 Å². The average Bonchev–Trinajstić information content (AvgIpc) is 2.73. The minimum absolute atomic E-state index is 0.562. The van der Waals surface area contributed by atoms with E-state index >= 15 is 0 Å².